The molecule has 2 fully saturated rings. The van der Waals surface area contributed by atoms with Crippen molar-refractivity contribution in [3.05, 3.63) is 35.6 Å². The summed E-state index contributed by atoms with van der Waals surface area (Å²) in [6.07, 6.45) is 1.29. The summed E-state index contributed by atoms with van der Waals surface area (Å²) >= 11 is 0. The lowest BCUT2D eigenvalue weighted by molar-refractivity contribution is -0.138. The number of carbonyl (C=O) groups is 2. The molecule has 2 aliphatic heterocycles. The smallest absolute Gasteiger partial charge is 0.409 e. The summed E-state index contributed by atoms with van der Waals surface area (Å²) in [6, 6.07) is 6.85. The highest BCUT2D eigenvalue weighted by molar-refractivity contribution is 5.79. The van der Waals surface area contributed by atoms with Crippen LogP contribution in [0.4, 0.5) is 9.18 Å². The summed E-state index contributed by atoms with van der Waals surface area (Å²) in [4.78, 5) is 30.3. The zero-order chi connectivity index (χ0) is 19.2. The summed E-state index contributed by atoms with van der Waals surface area (Å²) in [7, 11) is 0. The van der Waals surface area contributed by atoms with Gasteiger partial charge in [-0.15, -0.1) is 0 Å². The Hall–Kier alpha value is -2.15. The van der Waals surface area contributed by atoms with Crippen molar-refractivity contribution in [2.24, 2.45) is 5.92 Å². The number of piperazine rings is 1. The number of benzene rings is 1. The Bertz CT molecular complexity index is 654. The van der Waals surface area contributed by atoms with Gasteiger partial charge in [-0.1, -0.05) is 18.2 Å². The van der Waals surface area contributed by atoms with Gasteiger partial charge in [0.05, 0.1) is 6.61 Å². The van der Waals surface area contributed by atoms with Crippen molar-refractivity contribution < 1.29 is 18.7 Å². The molecule has 27 heavy (non-hydrogen) atoms. The Morgan fingerprint density at radius 3 is 2.30 bits per heavy atom. The van der Waals surface area contributed by atoms with Gasteiger partial charge < -0.3 is 14.5 Å². The van der Waals surface area contributed by atoms with Gasteiger partial charge in [0.25, 0.3) is 0 Å². The first-order chi connectivity index (χ1) is 13.1. The predicted octanol–water partition coefficient (Wildman–Crippen LogP) is 2.34. The summed E-state index contributed by atoms with van der Waals surface area (Å²) in [5, 5.41) is 0. The first kappa shape index (κ1) is 19.6. The lowest BCUT2D eigenvalue weighted by Crippen LogP contribution is -2.53. The second kappa shape index (κ2) is 9.17. The Balaban J connectivity index is 1.44. The Kier molecular flexibility index (Phi) is 6.66. The Morgan fingerprint density at radius 2 is 1.67 bits per heavy atom. The van der Waals surface area contributed by atoms with Crippen LogP contribution in [0.2, 0.25) is 0 Å². The van der Waals surface area contributed by atoms with Gasteiger partial charge in [0.1, 0.15) is 5.82 Å². The molecule has 3 rings (SSSR count). The second-order valence-electron chi connectivity index (χ2n) is 7.15. The zero-order valence-corrected chi connectivity index (χ0v) is 15.9. The van der Waals surface area contributed by atoms with Gasteiger partial charge in [-0.25, -0.2) is 9.18 Å². The number of ether oxygens (including phenoxy) is 1. The number of piperidine rings is 1. The van der Waals surface area contributed by atoms with E-state index in [1.165, 1.54) is 6.07 Å². The van der Waals surface area contributed by atoms with E-state index in [0.29, 0.717) is 44.9 Å². The minimum atomic E-state index is -0.300. The molecule has 6 nitrogen and oxygen atoms in total. The van der Waals surface area contributed by atoms with Gasteiger partial charge in [-0.05, 0) is 38.9 Å². The maximum absolute atomic E-state index is 13.8. The molecule has 1 aromatic carbocycles. The molecule has 7 heteroatoms. The first-order valence-corrected chi connectivity index (χ1v) is 9.74. The summed E-state index contributed by atoms with van der Waals surface area (Å²) in [6.45, 7) is 6.51. The topological polar surface area (TPSA) is 53.1 Å². The molecule has 2 amide bonds. The van der Waals surface area contributed by atoms with Gasteiger partial charge >= 0.3 is 6.09 Å². The van der Waals surface area contributed by atoms with E-state index in [1.54, 1.807) is 17.9 Å². The van der Waals surface area contributed by atoms with E-state index in [-0.39, 0.29) is 23.7 Å². The maximum atomic E-state index is 13.8. The van der Waals surface area contributed by atoms with E-state index in [9.17, 15) is 14.0 Å². The summed E-state index contributed by atoms with van der Waals surface area (Å²) in [5.41, 5.74) is 0.706. The van der Waals surface area contributed by atoms with Gasteiger partial charge in [0.15, 0.2) is 0 Å². The van der Waals surface area contributed by atoms with Crippen molar-refractivity contribution in [2.45, 2.75) is 26.3 Å². The Labute approximate surface area is 159 Å². The van der Waals surface area contributed by atoms with Crippen LogP contribution in [-0.2, 0) is 16.1 Å². The Morgan fingerprint density at radius 1 is 1.04 bits per heavy atom. The van der Waals surface area contributed by atoms with Crippen LogP contribution in [0, 0.1) is 11.7 Å². The van der Waals surface area contributed by atoms with E-state index in [1.807, 2.05) is 17.0 Å². The molecule has 0 aliphatic carbocycles. The molecule has 0 saturated carbocycles. The van der Waals surface area contributed by atoms with Crippen molar-refractivity contribution in [2.75, 3.05) is 45.9 Å². The number of rotatable bonds is 4. The highest BCUT2D eigenvalue weighted by Gasteiger charge is 2.31. The van der Waals surface area contributed by atoms with Crippen LogP contribution >= 0.6 is 0 Å². The molecular formula is C20H28FN3O3. The third kappa shape index (κ3) is 4.97. The van der Waals surface area contributed by atoms with Crippen molar-refractivity contribution in [3.63, 3.8) is 0 Å². The zero-order valence-electron chi connectivity index (χ0n) is 15.9. The fraction of sp³-hybridized carbons (Fsp3) is 0.600. The van der Waals surface area contributed by atoms with E-state index in [0.717, 1.165) is 25.9 Å². The molecule has 0 N–H and O–H groups in total. The summed E-state index contributed by atoms with van der Waals surface area (Å²) in [5.74, 6) is 0.0373. The van der Waals surface area contributed by atoms with Gasteiger partial charge in [0.2, 0.25) is 5.91 Å². The minimum absolute atomic E-state index is 0.0241. The molecule has 0 radical (unpaired) electrons. The highest BCUT2D eigenvalue weighted by atomic mass is 19.1. The fourth-order valence-electron chi connectivity index (χ4n) is 3.79. The van der Waals surface area contributed by atoms with Crippen LogP contribution in [0.1, 0.15) is 25.3 Å². The van der Waals surface area contributed by atoms with Crippen molar-refractivity contribution in [3.8, 4) is 0 Å². The molecule has 2 aliphatic rings. The number of amides is 2. The molecule has 0 bridgehead atoms. The van der Waals surface area contributed by atoms with Crippen LogP contribution in [0.5, 0.6) is 0 Å². The lowest BCUT2D eigenvalue weighted by atomic mass is 9.94. The third-order valence-corrected chi connectivity index (χ3v) is 5.41. The third-order valence-electron chi connectivity index (χ3n) is 5.41. The van der Waals surface area contributed by atoms with Crippen LogP contribution in [-0.4, -0.2) is 72.6 Å². The SMILES string of the molecule is CCOC(=O)N1CCN(C(=O)C2CCN(Cc3ccccc3F)CC2)CC1. The quantitative estimate of drug-likeness (QED) is 0.808. The van der Waals surface area contributed by atoms with Gasteiger partial charge in [-0.2, -0.15) is 0 Å². The molecule has 0 aromatic heterocycles. The molecule has 2 heterocycles. The van der Waals surface area contributed by atoms with Crippen molar-refractivity contribution in [1.82, 2.24) is 14.7 Å². The number of carbonyl (C=O) groups excluding carboxylic acids is 2. The predicted molar refractivity (Wildman–Crippen MR) is 99.6 cm³/mol. The number of nitrogens with zero attached hydrogens (tertiary/aromatic N) is 3. The van der Waals surface area contributed by atoms with Crippen molar-refractivity contribution in [1.29, 1.82) is 0 Å². The standard InChI is InChI=1S/C20H28FN3O3/c1-2-27-20(26)24-13-11-23(12-14-24)19(25)16-7-9-22(10-8-16)15-17-5-3-4-6-18(17)21/h3-6,16H,2,7-15H2,1H3. The normalized spacial score (nSPS) is 19.2. The molecule has 148 valence electrons. The molecule has 2 saturated heterocycles. The van der Waals surface area contributed by atoms with Gasteiger partial charge in [-0.3, -0.25) is 9.69 Å². The number of likely N-dealkylation sites (tertiary alicyclic amines) is 1. The average molecular weight is 377 g/mol. The number of hydrogen-bond acceptors (Lipinski definition) is 4. The second-order valence-corrected chi connectivity index (χ2v) is 7.15. The number of halogens is 1. The van der Waals surface area contributed by atoms with Crippen LogP contribution in [0.3, 0.4) is 0 Å². The average Bonchev–Trinajstić information content (AvgIpc) is 2.70. The maximum Gasteiger partial charge on any atom is 0.409 e. The molecule has 0 unspecified atom stereocenters. The van der Waals surface area contributed by atoms with Crippen molar-refractivity contribution >= 4 is 12.0 Å². The van der Waals surface area contributed by atoms with Crippen LogP contribution in [0.15, 0.2) is 24.3 Å². The molecule has 0 atom stereocenters. The van der Waals surface area contributed by atoms with Gasteiger partial charge in [0, 0.05) is 44.2 Å². The van der Waals surface area contributed by atoms with E-state index in [4.69, 9.17) is 4.74 Å². The molecular weight excluding hydrogens is 349 g/mol. The lowest BCUT2D eigenvalue weighted by Gasteiger charge is -2.38. The number of hydrogen-bond donors (Lipinski definition) is 0. The van der Waals surface area contributed by atoms with E-state index >= 15 is 0 Å². The van der Waals surface area contributed by atoms with E-state index in [2.05, 4.69) is 4.90 Å². The van der Waals surface area contributed by atoms with E-state index < -0.39 is 0 Å². The fourth-order valence-corrected chi connectivity index (χ4v) is 3.79. The molecule has 0 spiro atoms. The summed E-state index contributed by atoms with van der Waals surface area (Å²) < 4.78 is 18.8. The molecule has 1 aromatic rings. The first-order valence-electron chi connectivity index (χ1n) is 9.74. The van der Waals surface area contributed by atoms with Crippen LogP contribution in [0.25, 0.3) is 0 Å². The van der Waals surface area contributed by atoms with Crippen LogP contribution < -0.4 is 0 Å². The monoisotopic (exact) mass is 377 g/mol. The largest absolute Gasteiger partial charge is 0.450 e. The minimum Gasteiger partial charge on any atom is -0.450 e. The highest BCUT2D eigenvalue weighted by Crippen LogP contribution is 2.22.